The molecule has 0 aromatic heterocycles. The number of carboxylic acids is 1. The highest BCUT2D eigenvalue weighted by molar-refractivity contribution is 7.92. The lowest BCUT2D eigenvalue weighted by Gasteiger charge is -2.34. The van der Waals surface area contributed by atoms with E-state index < -0.39 is 57.5 Å². The molecule has 1 spiro atoms. The molecule has 1 saturated heterocycles. The first kappa shape index (κ1) is 21.7. The Kier molecular flexibility index (Phi) is 5.71. The maximum Gasteiger partial charge on any atom is 0.332 e. The Morgan fingerprint density at radius 3 is 2.40 bits per heavy atom. The third-order valence-corrected chi connectivity index (χ3v) is 9.01. The number of rotatable bonds is 5. The number of hydrogen-bond donors (Lipinski definition) is 3. The summed E-state index contributed by atoms with van der Waals surface area (Å²) in [5.41, 5.74) is 1.10. The number of sulfone groups is 1. The molecule has 2 unspecified atom stereocenters. The number of halogens is 1. The van der Waals surface area contributed by atoms with Crippen LogP contribution in [0.4, 0.5) is 0 Å². The van der Waals surface area contributed by atoms with Gasteiger partial charge < -0.3 is 24.8 Å². The minimum Gasteiger partial charge on any atom is -0.478 e. The predicted molar refractivity (Wildman–Crippen MR) is 107 cm³/mol. The van der Waals surface area contributed by atoms with Gasteiger partial charge in [-0.05, 0) is 42.5 Å². The number of carbonyl (C=O) groups is 1. The van der Waals surface area contributed by atoms with Gasteiger partial charge in [0.2, 0.25) is 0 Å². The molecule has 1 heterocycles. The Labute approximate surface area is 179 Å². The van der Waals surface area contributed by atoms with Gasteiger partial charge in [-0.2, -0.15) is 0 Å². The topological polar surface area (TPSA) is 130 Å². The van der Waals surface area contributed by atoms with Crippen LogP contribution in [0, 0.1) is 0 Å². The van der Waals surface area contributed by atoms with Crippen LogP contribution in [0.15, 0.2) is 29.8 Å². The molecule has 30 heavy (non-hydrogen) atoms. The average Bonchev–Trinajstić information content (AvgIpc) is 3.30. The van der Waals surface area contributed by atoms with Crippen LogP contribution in [0.2, 0.25) is 5.02 Å². The Morgan fingerprint density at radius 1 is 1.13 bits per heavy atom. The highest BCUT2D eigenvalue weighted by atomic mass is 35.5. The number of aliphatic hydroxyl groups excluding tert-OH is 2. The molecule has 4 atom stereocenters. The first-order valence-corrected chi connectivity index (χ1v) is 11.7. The van der Waals surface area contributed by atoms with Gasteiger partial charge in [0, 0.05) is 11.4 Å². The number of benzene rings is 1. The smallest absolute Gasteiger partial charge is 0.332 e. The van der Waals surface area contributed by atoms with Crippen molar-refractivity contribution in [1.29, 1.82) is 0 Å². The molecule has 10 heteroatoms. The zero-order valence-electron chi connectivity index (χ0n) is 16.0. The summed E-state index contributed by atoms with van der Waals surface area (Å²) in [5.74, 6) is -2.86. The fourth-order valence-electron chi connectivity index (χ4n) is 4.74. The molecule has 2 aliphatic carbocycles. The molecule has 4 rings (SSSR count). The maximum atomic E-state index is 13.5. The van der Waals surface area contributed by atoms with E-state index in [9.17, 15) is 28.5 Å². The van der Waals surface area contributed by atoms with Crippen molar-refractivity contribution < 1.29 is 38.0 Å². The summed E-state index contributed by atoms with van der Waals surface area (Å²) >= 11 is 6.29. The van der Waals surface area contributed by atoms with Gasteiger partial charge in [0.05, 0.1) is 29.3 Å². The molecule has 0 bridgehead atoms. The van der Waals surface area contributed by atoms with Gasteiger partial charge in [0.15, 0.2) is 15.6 Å². The molecule has 164 valence electrons. The number of ether oxygens (including phenoxy) is 2. The number of aryl methyl sites for hydroxylation is 1. The van der Waals surface area contributed by atoms with Gasteiger partial charge in [0.1, 0.15) is 12.2 Å². The quantitative estimate of drug-likeness (QED) is 0.603. The average molecular weight is 459 g/mol. The summed E-state index contributed by atoms with van der Waals surface area (Å²) in [5, 5.41) is 26.9. The highest BCUT2D eigenvalue weighted by Crippen LogP contribution is 2.47. The Morgan fingerprint density at radius 2 is 1.80 bits per heavy atom. The SMILES string of the molecule is O=C(O)C1=CC2(CCC1S(=O)(=O)C1CCc3cccc(Cl)c31)O[C@@H](CO)[C@H](CO)O2. The lowest BCUT2D eigenvalue weighted by atomic mass is 9.94. The fraction of sp³-hybridized carbons (Fsp3) is 0.550. The maximum absolute atomic E-state index is 13.5. The van der Waals surface area contributed by atoms with Crippen LogP contribution >= 0.6 is 11.6 Å². The second-order valence-corrected chi connectivity index (χ2v) is 10.6. The Hall–Kier alpha value is -1.49. The zero-order valence-corrected chi connectivity index (χ0v) is 17.6. The van der Waals surface area contributed by atoms with Gasteiger partial charge in [-0.25, -0.2) is 13.2 Å². The third kappa shape index (κ3) is 3.47. The van der Waals surface area contributed by atoms with E-state index in [0.717, 1.165) is 5.56 Å². The van der Waals surface area contributed by atoms with Crippen molar-refractivity contribution in [3.05, 3.63) is 46.0 Å². The van der Waals surface area contributed by atoms with E-state index in [-0.39, 0.29) is 18.4 Å². The first-order valence-electron chi connectivity index (χ1n) is 9.76. The van der Waals surface area contributed by atoms with Crippen molar-refractivity contribution in [3.63, 3.8) is 0 Å². The van der Waals surface area contributed by atoms with E-state index in [4.69, 9.17) is 21.1 Å². The van der Waals surface area contributed by atoms with Crippen LogP contribution in [0.25, 0.3) is 0 Å². The molecule has 1 fully saturated rings. The van der Waals surface area contributed by atoms with Crippen LogP contribution in [0.1, 0.15) is 35.6 Å². The first-order chi connectivity index (χ1) is 14.2. The van der Waals surface area contributed by atoms with Crippen molar-refractivity contribution in [3.8, 4) is 0 Å². The number of hydrogen-bond acceptors (Lipinski definition) is 7. The van der Waals surface area contributed by atoms with Crippen molar-refractivity contribution >= 4 is 27.4 Å². The minimum absolute atomic E-state index is 0.0208. The van der Waals surface area contributed by atoms with Gasteiger partial charge in [-0.3, -0.25) is 0 Å². The molecule has 3 aliphatic rings. The third-order valence-electron chi connectivity index (χ3n) is 6.13. The molecule has 1 aliphatic heterocycles. The predicted octanol–water partition coefficient (Wildman–Crippen LogP) is 1.38. The summed E-state index contributed by atoms with van der Waals surface area (Å²) in [4.78, 5) is 12.0. The Bertz CT molecular complexity index is 977. The highest BCUT2D eigenvalue weighted by Gasteiger charge is 2.52. The minimum atomic E-state index is -3.92. The molecule has 0 amide bonds. The molecule has 8 nitrogen and oxygen atoms in total. The number of carboxylic acid groups (broad SMARTS) is 1. The molecular weight excluding hydrogens is 436 g/mol. The van der Waals surface area contributed by atoms with Crippen molar-refractivity contribution in [1.82, 2.24) is 0 Å². The van der Waals surface area contributed by atoms with Crippen LogP contribution in [0.3, 0.4) is 0 Å². The fourth-order valence-corrected chi connectivity index (χ4v) is 7.55. The monoisotopic (exact) mass is 458 g/mol. The van der Waals surface area contributed by atoms with Crippen molar-refractivity contribution in [2.75, 3.05) is 13.2 Å². The van der Waals surface area contributed by atoms with Gasteiger partial charge in [-0.15, -0.1) is 0 Å². The zero-order chi connectivity index (χ0) is 21.7. The second kappa shape index (κ2) is 7.89. The van der Waals surface area contributed by atoms with Crippen LogP contribution in [-0.4, -0.2) is 66.2 Å². The second-order valence-electron chi connectivity index (χ2n) is 7.85. The van der Waals surface area contributed by atoms with Crippen molar-refractivity contribution in [2.24, 2.45) is 0 Å². The van der Waals surface area contributed by atoms with Gasteiger partial charge in [-0.1, -0.05) is 23.7 Å². The van der Waals surface area contributed by atoms with E-state index in [1.807, 2.05) is 6.07 Å². The summed E-state index contributed by atoms with van der Waals surface area (Å²) in [6, 6.07) is 5.25. The van der Waals surface area contributed by atoms with E-state index >= 15 is 0 Å². The van der Waals surface area contributed by atoms with Crippen LogP contribution in [-0.2, 0) is 30.5 Å². The van der Waals surface area contributed by atoms with Crippen LogP contribution in [0.5, 0.6) is 0 Å². The summed E-state index contributed by atoms with van der Waals surface area (Å²) in [7, 11) is -3.92. The standard InChI is InChI=1S/C20H23ClO8S/c21-13-3-1-2-11-4-5-17(18(11)13)30(26,27)16-6-7-20(8-12(16)19(24)25)28-14(9-22)15(10-23)29-20/h1-3,8,14-17,22-23H,4-7,9-10H2,(H,24,25)/t14-,15-,16?,17?/m0/s1. The van der Waals surface area contributed by atoms with E-state index in [0.29, 0.717) is 23.4 Å². The van der Waals surface area contributed by atoms with Crippen molar-refractivity contribution in [2.45, 2.75) is 54.2 Å². The summed E-state index contributed by atoms with van der Waals surface area (Å²) in [6.07, 6.45) is 0.509. The molecular formula is C20H23ClO8S. The number of aliphatic hydroxyl groups is 2. The lowest BCUT2D eigenvalue weighted by molar-refractivity contribution is -0.153. The van der Waals surface area contributed by atoms with Gasteiger partial charge in [0.25, 0.3) is 0 Å². The Balaban J connectivity index is 1.70. The summed E-state index contributed by atoms with van der Waals surface area (Å²) < 4.78 is 38.5. The molecule has 1 aromatic carbocycles. The largest absolute Gasteiger partial charge is 0.478 e. The van der Waals surface area contributed by atoms with E-state index in [2.05, 4.69) is 0 Å². The van der Waals surface area contributed by atoms with E-state index in [1.54, 1.807) is 12.1 Å². The molecule has 0 saturated carbocycles. The number of aliphatic carboxylic acids is 1. The molecule has 3 N–H and O–H groups in total. The summed E-state index contributed by atoms with van der Waals surface area (Å²) in [6.45, 7) is -0.829. The lowest BCUT2D eigenvalue weighted by Crippen LogP contribution is -2.41. The molecule has 0 radical (unpaired) electrons. The normalized spacial score (nSPS) is 30.3. The van der Waals surface area contributed by atoms with Gasteiger partial charge >= 0.3 is 5.97 Å². The number of fused-ring (bicyclic) bond motifs is 1. The van der Waals surface area contributed by atoms with E-state index in [1.165, 1.54) is 6.08 Å². The van der Waals surface area contributed by atoms with Crippen LogP contribution < -0.4 is 0 Å². The molecule has 1 aromatic rings.